The van der Waals surface area contributed by atoms with E-state index in [-0.39, 0.29) is 17.2 Å². The van der Waals surface area contributed by atoms with Gasteiger partial charge in [-0.25, -0.2) is 0 Å². The lowest BCUT2D eigenvalue weighted by Gasteiger charge is -2.14. The number of halogens is 1. The van der Waals surface area contributed by atoms with Gasteiger partial charge in [-0.15, -0.1) is 11.6 Å². The first-order valence-corrected chi connectivity index (χ1v) is 6.87. The topological polar surface area (TPSA) is 58.6 Å². The second kappa shape index (κ2) is 7.89. The predicted octanol–water partition coefficient (Wildman–Crippen LogP) is 2.79. The maximum Gasteiger partial charge on any atom is 0.255 e. The number of methoxy groups -OCH3 is 1. The molecule has 0 fully saturated rings. The SMILES string of the molecule is CCC(CCCl)CNC(=O)c1ccc(OC)cc1O. The smallest absolute Gasteiger partial charge is 0.255 e. The first-order chi connectivity index (χ1) is 9.12. The molecule has 1 aromatic rings. The van der Waals surface area contributed by atoms with Gasteiger partial charge in [0, 0.05) is 18.5 Å². The first kappa shape index (κ1) is 15.6. The summed E-state index contributed by atoms with van der Waals surface area (Å²) in [5, 5.41) is 12.6. The van der Waals surface area contributed by atoms with Crippen molar-refractivity contribution < 1.29 is 14.6 Å². The van der Waals surface area contributed by atoms with Crippen LogP contribution in [-0.2, 0) is 0 Å². The lowest BCUT2D eigenvalue weighted by Crippen LogP contribution is -2.29. The molecule has 1 amide bonds. The van der Waals surface area contributed by atoms with Crippen LogP contribution in [0.15, 0.2) is 18.2 Å². The van der Waals surface area contributed by atoms with Crippen molar-refractivity contribution in [2.75, 3.05) is 19.5 Å². The molecule has 1 atom stereocenters. The largest absolute Gasteiger partial charge is 0.507 e. The number of rotatable bonds is 7. The Bertz CT molecular complexity index is 423. The minimum atomic E-state index is -0.284. The van der Waals surface area contributed by atoms with Crippen molar-refractivity contribution in [1.82, 2.24) is 5.32 Å². The van der Waals surface area contributed by atoms with Gasteiger partial charge in [0.1, 0.15) is 11.5 Å². The number of benzene rings is 1. The number of amides is 1. The number of alkyl halides is 1. The molecule has 19 heavy (non-hydrogen) atoms. The Kier molecular flexibility index (Phi) is 6.50. The van der Waals surface area contributed by atoms with Crippen LogP contribution in [0.4, 0.5) is 0 Å². The number of hydrogen-bond acceptors (Lipinski definition) is 3. The molecule has 0 bridgehead atoms. The van der Waals surface area contributed by atoms with Crippen molar-refractivity contribution in [3.63, 3.8) is 0 Å². The van der Waals surface area contributed by atoms with E-state index in [0.29, 0.717) is 24.1 Å². The number of carbonyl (C=O) groups is 1. The van der Waals surface area contributed by atoms with Gasteiger partial charge in [0.05, 0.1) is 12.7 Å². The maximum absolute atomic E-state index is 11.9. The van der Waals surface area contributed by atoms with E-state index in [1.807, 2.05) is 0 Å². The summed E-state index contributed by atoms with van der Waals surface area (Å²) in [5.41, 5.74) is 0.251. The fraction of sp³-hybridized carbons (Fsp3) is 0.500. The van der Waals surface area contributed by atoms with E-state index in [9.17, 15) is 9.90 Å². The molecule has 0 heterocycles. The van der Waals surface area contributed by atoms with E-state index in [0.717, 1.165) is 12.8 Å². The Hall–Kier alpha value is -1.42. The van der Waals surface area contributed by atoms with E-state index >= 15 is 0 Å². The van der Waals surface area contributed by atoms with Gasteiger partial charge < -0.3 is 15.2 Å². The van der Waals surface area contributed by atoms with E-state index < -0.39 is 0 Å². The van der Waals surface area contributed by atoms with Crippen LogP contribution in [-0.4, -0.2) is 30.5 Å². The van der Waals surface area contributed by atoms with Crippen LogP contribution < -0.4 is 10.1 Å². The molecule has 2 N–H and O–H groups in total. The molecular formula is C14H20ClNO3. The minimum absolute atomic E-state index is 0.0813. The monoisotopic (exact) mass is 285 g/mol. The van der Waals surface area contributed by atoms with Crippen LogP contribution in [0, 0.1) is 5.92 Å². The van der Waals surface area contributed by atoms with Gasteiger partial charge in [-0.3, -0.25) is 4.79 Å². The number of phenols is 1. The molecular weight excluding hydrogens is 266 g/mol. The summed E-state index contributed by atoms with van der Waals surface area (Å²) in [6.45, 7) is 2.63. The average Bonchev–Trinajstić information content (AvgIpc) is 2.42. The van der Waals surface area contributed by atoms with Crippen molar-refractivity contribution in [3.8, 4) is 11.5 Å². The predicted molar refractivity (Wildman–Crippen MR) is 76.1 cm³/mol. The highest BCUT2D eigenvalue weighted by Gasteiger charge is 2.13. The van der Waals surface area contributed by atoms with Crippen LogP contribution in [0.5, 0.6) is 11.5 Å². The highest BCUT2D eigenvalue weighted by molar-refractivity contribution is 6.17. The molecule has 0 saturated carbocycles. The quantitative estimate of drug-likeness (QED) is 0.758. The lowest BCUT2D eigenvalue weighted by atomic mass is 10.0. The van der Waals surface area contributed by atoms with Gasteiger partial charge in [0.25, 0.3) is 5.91 Å². The van der Waals surface area contributed by atoms with Crippen LogP contribution in [0.3, 0.4) is 0 Å². The van der Waals surface area contributed by atoms with Crippen molar-refractivity contribution in [2.24, 2.45) is 5.92 Å². The summed E-state index contributed by atoms with van der Waals surface area (Å²) in [7, 11) is 1.51. The van der Waals surface area contributed by atoms with Crippen molar-refractivity contribution in [2.45, 2.75) is 19.8 Å². The summed E-state index contributed by atoms with van der Waals surface area (Å²) in [5.74, 6) is 1.10. The summed E-state index contributed by atoms with van der Waals surface area (Å²) in [6, 6.07) is 4.61. The van der Waals surface area contributed by atoms with Crippen molar-refractivity contribution >= 4 is 17.5 Å². The highest BCUT2D eigenvalue weighted by Crippen LogP contribution is 2.23. The zero-order valence-electron chi connectivity index (χ0n) is 11.3. The lowest BCUT2D eigenvalue weighted by molar-refractivity contribution is 0.0943. The van der Waals surface area contributed by atoms with E-state index in [2.05, 4.69) is 12.2 Å². The molecule has 4 nitrogen and oxygen atoms in total. The average molecular weight is 286 g/mol. The second-order valence-electron chi connectivity index (χ2n) is 4.35. The van der Waals surface area contributed by atoms with E-state index in [1.54, 1.807) is 12.1 Å². The van der Waals surface area contributed by atoms with Crippen LogP contribution >= 0.6 is 11.6 Å². The normalized spacial score (nSPS) is 11.9. The van der Waals surface area contributed by atoms with E-state index in [4.69, 9.17) is 16.3 Å². The first-order valence-electron chi connectivity index (χ1n) is 6.33. The minimum Gasteiger partial charge on any atom is -0.507 e. The summed E-state index contributed by atoms with van der Waals surface area (Å²) < 4.78 is 4.97. The third kappa shape index (κ3) is 4.63. The molecule has 0 saturated heterocycles. The fourth-order valence-corrected chi connectivity index (χ4v) is 2.08. The molecule has 1 unspecified atom stereocenters. The Balaban J connectivity index is 2.63. The number of ether oxygens (including phenoxy) is 1. The Morgan fingerprint density at radius 2 is 2.26 bits per heavy atom. The molecule has 0 aliphatic carbocycles. The molecule has 0 aliphatic heterocycles. The van der Waals surface area contributed by atoms with Crippen molar-refractivity contribution in [1.29, 1.82) is 0 Å². The van der Waals surface area contributed by atoms with Gasteiger partial charge in [-0.2, -0.15) is 0 Å². The maximum atomic E-state index is 11.9. The standard InChI is InChI=1S/C14H20ClNO3/c1-3-10(6-7-15)9-16-14(18)12-5-4-11(19-2)8-13(12)17/h4-5,8,10,17H,3,6-7,9H2,1-2H3,(H,16,18). The number of carbonyl (C=O) groups excluding carboxylic acids is 1. The van der Waals surface area contributed by atoms with Gasteiger partial charge >= 0.3 is 0 Å². The van der Waals surface area contributed by atoms with Gasteiger partial charge in [0.15, 0.2) is 0 Å². The molecule has 0 radical (unpaired) electrons. The molecule has 0 spiro atoms. The fourth-order valence-electron chi connectivity index (χ4n) is 1.77. The summed E-state index contributed by atoms with van der Waals surface area (Å²) in [4.78, 5) is 11.9. The second-order valence-corrected chi connectivity index (χ2v) is 4.72. The van der Waals surface area contributed by atoms with Crippen LogP contribution in [0.25, 0.3) is 0 Å². The molecule has 106 valence electrons. The zero-order valence-corrected chi connectivity index (χ0v) is 12.0. The van der Waals surface area contributed by atoms with Gasteiger partial charge in [0.2, 0.25) is 0 Å². The highest BCUT2D eigenvalue weighted by atomic mass is 35.5. The van der Waals surface area contributed by atoms with Crippen LogP contribution in [0.2, 0.25) is 0 Å². The van der Waals surface area contributed by atoms with Gasteiger partial charge in [-0.05, 0) is 24.5 Å². The summed E-state index contributed by atoms with van der Waals surface area (Å²) in [6.07, 6.45) is 1.83. The molecule has 0 aliphatic rings. The number of nitrogens with one attached hydrogen (secondary N) is 1. The summed E-state index contributed by atoms with van der Waals surface area (Å²) >= 11 is 5.70. The molecule has 1 rings (SSSR count). The zero-order chi connectivity index (χ0) is 14.3. The Morgan fingerprint density at radius 1 is 1.53 bits per heavy atom. The third-order valence-electron chi connectivity index (χ3n) is 3.10. The molecule has 0 aromatic heterocycles. The van der Waals surface area contributed by atoms with Crippen LogP contribution in [0.1, 0.15) is 30.1 Å². The molecule has 5 heteroatoms. The Morgan fingerprint density at radius 3 is 2.79 bits per heavy atom. The molecule has 1 aromatic carbocycles. The Labute approximate surface area is 118 Å². The van der Waals surface area contributed by atoms with Gasteiger partial charge in [-0.1, -0.05) is 13.3 Å². The third-order valence-corrected chi connectivity index (χ3v) is 3.31. The van der Waals surface area contributed by atoms with Crippen molar-refractivity contribution in [3.05, 3.63) is 23.8 Å². The number of aromatic hydroxyl groups is 1. The van der Waals surface area contributed by atoms with E-state index in [1.165, 1.54) is 13.2 Å². The number of hydrogen-bond donors (Lipinski definition) is 2. The number of phenolic OH excluding ortho intramolecular Hbond substituents is 1.